The van der Waals surface area contributed by atoms with Crippen LogP contribution in [0.1, 0.15) is 16.1 Å². The van der Waals surface area contributed by atoms with Crippen molar-refractivity contribution in [3.8, 4) is 11.5 Å². The summed E-state index contributed by atoms with van der Waals surface area (Å²) in [5.74, 6) is 1.43. The zero-order chi connectivity index (χ0) is 17.1. The smallest absolute Gasteiger partial charge is 0.275 e. The van der Waals surface area contributed by atoms with Crippen LogP contribution in [-0.4, -0.2) is 28.1 Å². The van der Waals surface area contributed by atoms with Gasteiger partial charge >= 0.3 is 0 Å². The van der Waals surface area contributed by atoms with Crippen molar-refractivity contribution in [1.82, 2.24) is 20.7 Å². The fourth-order valence-corrected chi connectivity index (χ4v) is 2.45. The normalized spacial score (nSPS) is 12.0. The molecule has 0 bridgehead atoms. The van der Waals surface area contributed by atoms with Gasteiger partial charge in [0.25, 0.3) is 5.91 Å². The van der Waals surface area contributed by atoms with Crippen molar-refractivity contribution < 1.29 is 14.3 Å². The Morgan fingerprint density at radius 3 is 2.80 bits per heavy atom. The zero-order valence-corrected chi connectivity index (χ0v) is 13.2. The maximum atomic E-state index is 12.4. The molecule has 0 aliphatic carbocycles. The molecule has 0 atom stereocenters. The second-order valence-corrected chi connectivity index (χ2v) is 5.38. The number of ether oxygens (including phenoxy) is 2. The van der Waals surface area contributed by atoms with E-state index in [1.807, 2.05) is 48.5 Å². The molecule has 0 saturated heterocycles. The number of aromatic nitrogens is 3. The van der Waals surface area contributed by atoms with Crippen LogP contribution in [0.5, 0.6) is 11.5 Å². The van der Waals surface area contributed by atoms with Crippen molar-refractivity contribution in [3.05, 3.63) is 59.8 Å². The van der Waals surface area contributed by atoms with Gasteiger partial charge in [-0.25, -0.2) is 0 Å². The molecule has 0 saturated carbocycles. The summed E-state index contributed by atoms with van der Waals surface area (Å²) in [6.45, 7) is 0.561. The van der Waals surface area contributed by atoms with Crippen LogP contribution in [0.3, 0.4) is 0 Å². The summed E-state index contributed by atoms with van der Waals surface area (Å²) < 4.78 is 10.6. The molecule has 3 N–H and O–H groups in total. The van der Waals surface area contributed by atoms with Crippen LogP contribution < -0.4 is 20.1 Å². The molecule has 4 rings (SSSR count). The van der Waals surface area contributed by atoms with E-state index in [0.29, 0.717) is 23.9 Å². The third-order valence-electron chi connectivity index (χ3n) is 3.69. The third-order valence-corrected chi connectivity index (χ3v) is 3.69. The van der Waals surface area contributed by atoms with Crippen molar-refractivity contribution in [2.75, 3.05) is 12.1 Å². The Kier molecular flexibility index (Phi) is 3.91. The van der Waals surface area contributed by atoms with Crippen molar-refractivity contribution >= 4 is 17.4 Å². The Morgan fingerprint density at radius 1 is 1.08 bits per heavy atom. The molecule has 8 heteroatoms. The highest BCUT2D eigenvalue weighted by atomic mass is 16.7. The number of benzene rings is 2. The molecule has 1 aliphatic rings. The number of amides is 1. The first kappa shape index (κ1) is 15.0. The predicted molar refractivity (Wildman–Crippen MR) is 89.8 cm³/mol. The number of hydrogen-bond acceptors (Lipinski definition) is 6. The Morgan fingerprint density at radius 2 is 1.92 bits per heavy atom. The average molecular weight is 337 g/mol. The maximum Gasteiger partial charge on any atom is 0.275 e. The molecule has 126 valence electrons. The van der Waals surface area contributed by atoms with Crippen LogP contribution >= 0.6 is 0 Å². The number of carbonyl (C=O) groups is 1. The summed E-state index contributed by atoms with van der Waals surface area (Å²) in [5.41, 5.74) is 1.92. The molecular weight excluding hydrogens is 322 g/mol. The molecule has 8 nitrogen and oxygen atoms in total. The minimum absolute atomic E-state index is 0.199. The zero-order valence-electron chi connectivity index (χ0n) is 13.2. The lowest BCUT2D eigenvalue weighted by Crippen LogP contribution is -2.24. The number of fused-ring (bicyclic) bond motifs is 1. The first-order valence-electron chi connectivity index (χ1n) is 7.69. The summed E-state index contributed by atoms with van der Waals surface area (Å²) in [6, 6.07) is 15.0. The van der Waals surface area contributed by atoms with Gasteiger partial charge in [-0.3, -0.25) is 4.79 Å². The number of nitrogens with one attached hydrogen (secondary N) is 3. The van der Waals surface area contributed by atoms with E-state index >= 15 is 0 Å². The minimum atomic E-state index is -0.329. The van der Waals surface area contributed by atoms with Gasteiger partial charge in [-0.1, -0.05) is 24.3 Å². The highest BCUT2D eigenvalue weighted by Gasteiger charge is 2.17. The van der Waals surface area contributed by atoms with E-state index in [2.05, 4.69) is 26.0 Å². The van der Waals surface area contributed by atoms with Gasteiger partial charge < -0.3 is 20.1 Å². The minimum Gasteiger partial charge on any atom is -0.454 e. The molecule has 0 spiro atoms. The number of aromatic amines is 1. The number of carbonyl (C=O) groups excluding carboxylic acids is 1. The van der Waals surface area contributed by atoms with Crippen molar-refractivity contribution in [1.29, 1.82) is 0 Å². The quantitative estimate of drug-likeness (QED) is 0.660. The molecule has 2 aromatic carbocycles. The van der Waals surface area contributed by atoms with Gasteiger partial charge in [0.05, 0.1) is 0 Å². The maximum absolute atomic E-state index is 12.4. The summed E-state index contributed by atoms with van der Waals surface area (Å²) >= 11 is 0. The van der Waals surface area contributed by atoms with Crippen molar-refractivity contribution in [2.24, 2.45) is 0 Å². The molecule has 25 heavy (non-hydrogen) atoms. The van der Waals surface area contributed by atoms with Gasteiger partial charge in [-0.2, -0.15) is 5.21 Å². The second kappa shape index (κ2) is 6.52. The van der Waals surface area contributed by atoms with Crippen LogP contribution in [0.15, 0.2) is 48.5 Å². The van der Waals surface area contributed by atoms with Crippen LogP contribution in [-0.2, 0) is 6.54 Å². The summed E-state index contributed by atoms with van der Waals surface area (Å²) in [7, 11) is 0. The topological polar surface area (TPSA) is 101 Å². The molecule has 1 aliphatic heterocycles. The van der Waals surface area contributed by atoms with Crippen LogP contribution in [0.25, 0.3) is 0 Å². The fourth-order valence-electron chi connectivity index (χ4n) is 2.45. The van der Waals surface area contributed by atoms with Gasteiger partial charge in [-0.05, 0) is 29.8 Å². The highest BCUT2D eigenvalue weighted by molar-refractivity contribution is 5.97. The number of anilines is 2. The Bertz CT molecular complexity index is 894. The average Bonchev–Trinajstić information content (AvgIpc) is 3.29. The Balaban J connectivity index is 1.42. The molecular formula is C17H15N5O3. The highest BCUT2D eigenvalue weighted by Crippen LogP contribution is 2.32. The van der Waals surface area contributed by atoms with Gasteiger partial charge in [0.15, 0.2) is 23.0 Å². The second-order valence-electron chi connectivity index (χ2n) is 5.38. The van der Waals surface area contributed by atoms with E-state index in [1.54, 1.807) is 0 Å². The van der Waals surface area contributed by atoms with E-state index in [-0.39, 0.29) is 18.4 Å². The van der Waals surface area contributed by atoms with Crippen LogP contribution in [0, 0.1) is 0 Å². The van der Waals surface area contributed by atoms with Crippen LogP contribution in [0.4, 0.5) is 11.5 Å². The summed E-state index contributed by atoms with van der Waals surface area (Å²) in [5, 5.41) is 16.3. The fraction of sp³-hybridized carbons (Fsp3) is 0.118. The molecule has 2 heterocycles. The molecule has 1 aromatic heterocycles. The predicted octanol–water partition coefficient (Wildman–Crippen LogP) is 2.21. The first-order chi connectivity index (χ1) is 12.3. The Hall–Kier alpha value is -3.55. The molecule has 1 amide bonds. The molecule has 0 radical (unpaired) electrons. The van der Waals surface area contributed by atoms with Gasteiger partial charge in [0.1, 0.15) is 0 Å². The van der Waals surface area contributed by atoms with Gasteiger partial charge in [-0.15, -0.1) is 10.2 Å². The SMILES string of the molecule is O=C(NCc1ccc2c(c1)OCO2)c1n[nH]nc1Nc1ccccc1. The molecule has 0 unspecified atom stereocenters. The lowest BCUT2D eigenvalue weighted by Gasteiger charge is -2.07. The Labute approximate surface area is 143 Å². The molecule has 3 aromatic rings. The number of hydrogen-bond donors (Lipinski definition) is 3. The third kappa shape index (κ3) is 3.23. The van der Waals surface area contributed by atoms with E-state index < -0.39 is 0 Å². The van der Waals surface area contributed by atoms with E-state index in [1.165, 1.54) is 0 Å². The summed E-state index contributed by atoms with van der Waals surface area (Å²) in [4.78, 5) is 12.4. The number of H-pyrrole nitrogens is 1. The van der Waals surface area contributed by atoms with Gasteiger partial charge in [0, 0.05) is 12.2 Å². The van der Waals surface area contributed by atoms with Crippen LogP contribution in [0.2, 0.25) is 0 Å². The van der Waals surface area contributed by atoms with Crippen molar-refractivity contribution in [2.45, 2.75) is 6.54 Å². The lowest BCUT2D eigenvalue weighted by molar-refractivity contribution is 0.0946. The van der Waals surface area contributed by atoms with Gasteiger partial charge in [0.2, 0.25) is 6.79 Å². The number of para-hydroxylation sites is 1. The summed E-state index contributed by atoms with van der Waals surface area (Å²) in [6.07, 6.45) is 0. The first-order valence-corrected chi connectivity index (χ1v) is 7.69. The van der Waals surface area contributed by atoms with E-state index in [4.69, 9.17) is 9.47 Å². The van der Waals surface area contributed by atoms with E-state index in [0.717, 1.165) is 11.3 Å². The molecule has 0 fully saturated rings. The largest absolute Gasteiger partial charge is 0.454 e. The van der Waals surface area contributed by atoms with Crippen molar-refractivity contribution in [3.63, 3.8) is 0 Å². The number of nitrogens with zero attached hydrogens (tertiary/aromatic N) is 2. The standard InChI is InChI=1S/C17H15N5O3/c23-17(18-9-11-6-7-13-14(8-11)25-10-24-13)15-16(21-22-20-15)19-12-4-2-1-3-5-12/h1-8H,9-10H2,(H,18,23)(H2,19,20,21,22). The lowest BCUT2D eigenvalue weighted by atomic mass is 10.2. The monoisotopic (exact) mass is 337 g/mol. The number of rotatable bonds is 5. The van der Waals surface area contributed by atoms with E-state index in [9.17, 15) is 4.79 Å².